The van der Waals surface area contributed by atoms with Crippen molar-refractivity contribution >= 4 is 37.5 Å². The summed E-state index contributed by atoms with van der Waals surface area (Å²) in [5.74, 6) is -0.297. The molecule has 2 aromatic rings. The first-order chi connectivity index (χ1) is 11.5. The fraction of sp³-hybridized carbons (Fsp3) is 0.278. The first kappa shape index (κ1) is 19.6. The maximum atomic E-state index is 12.3. The molecule has 1 amide bonds. The Kier molecular flexibility index (Phi) is 5.71. The second-order valence-corrected chi connectivity index (χ2v) is 9.33. The molecule has 0 spiro atoms. The van der Waals surface area contributed by atoms with E-state index in [9.17, 15) is 13.2 Å². The number of carbonyl (C=O) groups excluding carboxylic acids is 1. The van der Waals surface area contributed by atoms with E-state index in [0.717, 1.165) is 10.0 Å². The highest BCUT2D eigenvalue weighted by Gasteiger charge is 2.22. The van der Waals surface area contributed by atoms with Crippen LogP contribution in [0.15, 0.2) is 51.8 Å². The number of rotatable bonds is 4. The summed E-state index contributed by atoms with van der Waals surface area (Å²) in [6.07, 6.45) is 0. The Bertz CT molecular complexity index is 886. The van der Waals surface area contributed by atoms with Gasteiger partial charge in [0.25, 0.3) is 5.91 Å². The summed E-state index contributed by atoms with van der Waals surface area (Å²) >= 11 is 3.41. The molecule has 134 valence electrons. The lowest BCUT2D eigenvalue weighted by molar-refractivity contribution is 0.102. The summed E-state index contributed by atoms with van der Waals surface area (Å²) in [5.41, 5.74) is 1.49. The molecule has 0 aliphatic heterocycles. The average molecular weight is 425 g/mol. The van der Waals surface area contributed by atoms with Crippen molar-refractivity contribution in [3.8, 4) is 0 Å². The SMILES string of the molecule is Cc1cc(NC(=O)c2ccc(S(=O)(=O)NC(C)(C)C)cc2)ccc1Br. The van der Waals surface area contributed by atoms with Gasteiger partial charge >= 0.3 is 0 Å². The van der Waals surface area contributed by atoms with Crippen LogP contribution in [0.3, 0.4) is 0 Å². The molecule has 0 atom stereocenters. The molecule has 2 rings (SSSR count). The van der Waals surface area contributed by atoms with Crippen molar-refractivity contribution < 1.29 is 13.2 Å². The lowest BCUT2D eigenvalue weighted by Crippen LogP contribution is -2.40. The van der Waals surface area contributed by atoms with Crippen LogP contribution in [-0.2, 0) is 10.0 Å². The zero-order chi connectivity index (χ0) is 18.8. The Morgan fingerprint density at radius 2 is 1.64 bits per heavy atom. The molecule has 25 heavy (non-hydrogen) atoms. The molecule has 7 heteroatoms. The second-order valence-electron chi connectivity index (χ2n) is 6.80. The van der Waals surface area contributed by atoms with Crippen molar-refractivity contribution in [1.29, 1.82) is 0 Å². The smallest absolute Gasteiger partial charge is 0.255 e. The van der Waals surface area contributed by atoms with Crippen LogP contribution in [0.2, 0.25) is 0 Å². The zero-order valence-corrected chi connectivity index (χ0v) is 17.0. The van der Waals surface area contributed by atoms with Gasteiger partial charge in [-0.25, -0.2) is 13.1 Å². The second kappa shape index (κ2) is 7.27. The monoisotopic (exact) mass is 424 g/mol. The van der Waals surface area contributed by atoms with Crippen LogP contribution in [0.5, 0.6) is 0 Å². The molecule has 0 bridgehead atoms. The van der Waals surface area contributed by atoms with Gasteiger partial charge in [0.2, 0.25) is 10.0 Å². The first-order valence-corrected chi connectivity index (χ1v) is 9.97. The molecule has 0 aliphatic carbocycles. The summed E-state index contributed by atoms with van der Waals surface area (Å²) in [7, 11) is -3.62. The van der Waals surface area contributed by atoms with Crippen LogP contribution in [-0.4, -0.2) is 19.9 Å². The highest BCUT2D eigenvalue weighted by Crippen LogP contribution is 2.21. The van der Waals surface area contributed by atoms with Gasteiger partial charge in [-0.2, -0.15) is 0 Å². The maximum Gasteiger partial charge on any atom is 0.255 e. The molecule has 0 aliphatic rings. The van der Waals surface area contributed by atoms with Crippen molar-refractivity contribution in [3.05, 3.63) is 58.1 Å². The van der Waals surface area contributed by atoms with E-state index < -0.39 is 15.6 Å². The quantitative estimate of drug-likeness (QED) is 0.775. The van der Waals surface area contributed by atoms with Crippen molar-refractivity contribution in [1.82, 2.24) is 4.72 Å². The number of nitrogens with one attached hydrogen (secondary N) is 2. The summed E-state index contributed by atoms with van der Waals surface area (Å²) in [6.45, 7) is 7.24. The lowest BCUT2D eigenvalue weighted by atomic mass is 10.1. The minimum absolute atomic E-state index is 0.124. The summed E-state index contributed by atoms with van der Waals surface area (Å²) in [6, 6.07) is 11.4. The third kappa shape index (κ3) is 5.39. The van der Waals surface area contributed by atoms with E-state index in [-0.39, 0.29) is 10.8 Å². The van der Waals surface area contributed by atoms with E-state index >= 15 is 0 Å². The fourth-order valence-corrected chi connectivity index (χ4v) is 3.84. The Balaban J connectivity index is 2.16. The third-order valence-corrected chi connectivity index (χ3v) is 5.95. The third-order valence-electron chi connectivity index (χ3n) is 3.28. The molecule has 0 saturated heterocycles. The predicted molar refractivity (Wildman–Crippen MR) is 103 cm³/mol. The van der Waals surface area contributed by atoms with E-state index in [1.165, 1.54) is 24.3 Å². The molecule has 5 nitrogen and oxygen atoms in total. The fourth-order valence-electron chi connectivity index (χ4n) is 2.17. The lowest BCUT2D eigenvalue weighted by Gasteiger charge is -2.20. The van der Waals surface area contributed by atoms with Gasteiger partial charge in [-0.05, 0) is 75.7 Å². The molecule has 0 saturated carbocycles. The normalized spacial score (nSPS) is 12.0. The average Bonchev–Trinajstić information content (AvgIpc) is 2.49. The van der Waals surface area contributed by atoms with Gasteiger partial charge < -0.3 is 5.32 Å². The number of benzene rings is 2. The Morgan fingerprint density at radius 1 is 1.04 bits per heavy atom. The Hall–Kier alpha value is -1.70. The van der Waals surface area contributed by atoms with Crippen LogP contribution in [0.1, 0.15) is 36.7 Å². The highest BCUT2D eigenvalue weighted by atomic mass is 79.9. The Labute approximate surface area is 157 Å². The van der Waals surface area contributed by atoms with Gasteiger partial charge in [0.1, 0.15) is 0 Å². The van der Waals surface area contributed by atoms with Crippen molar-refractivity contribution in [2.75, 3.05) is 5.32 Å². The van der Waals surface area contributed by atoms with Crippen LogP contribution in [0.4, 0.5) is 5.69 Å². The summed E-state index contributed by atoms with van der Waals surface area (Å²) < 4.78 is 28.1. The zero-order valence-electron chi connectivity index (χ0n) is 14.6. The molecular formula is C18H21BrN2O3S. The number of hydrogen-bond donors (Lipinski definition) is 2. The van der Waals surface area contributed by atoms with Crippen molar-refractivity contribution in [2.24, 2.45) is 0 Å². The van der Waals surface area contributed by atoms with Gasteiger partial charge in [0.05, 0.1) is 4.90 Å². The molecule has 0 aromatic heterocycles. The molecular weight excluding hydrogens is 404 g/mol. The number of hydrogen-bond acceptors (Lipinski definition) is 3. The number of carbonyl (C=O) groups is 1. The Morgan fingerprint density at radius 3 is 2.16 bits per heavy atom. The minimum atomic E-state index is -3.62. The van der Waals surface area contributed by atoms with Gasteiger partial charge in [-0.3, -0.25) is 4.79 Å². The van der Waals surface area contributed by atoms with E-state index in [1.807, 2.05) is 19.1 Å². The topological polar surface area (TPSA) is 75.3 Å². The molecule has 0 radical (unpaired) electrons. The number of halogens is 1. The molecule has 0 unspecified atom stereocenters. The van der Waals surface area contributed by atoms with Gasteiger partial charge in [0, 0.05) is 21.3 Å². The van der Waals surface area contributed by atoms with E-state index in [1.54, 1.807) is 26.8 Å². The van der Waals surface area contributed by atoms with Crippen LogP contribution >= 0.6 is 15.9 Å². The highest BCUT2D eigenvalue weighted by molar-refractivity contribution is 9.10. The van der Waals surface area contributed by atoms with E-state index in [2.05, 4.69) is 26.0 Å². The van der Waals surface area contributed by atoms with Gasteiger partial charge in [0.15, 0.2) is 0 Å². The largest absolute Gasteiger partial charge is 0.322 e. The maximum absolute atomic E-state index is 12.3. The van der Waals surface area contributed by atoms with Gasteiger partial charge in [-0.1, -0.05) is 15.9 Å². The molecule has 2 N–H and O–H groups in total. The number of aryl methyl sites for hydroxylation is 1. The molecule has 2 aromatic carbocycles. The minimum Gasteiger partial charge on any atom is -0.322 e. The van der Waals surface area contributed by atoms with Gasteiger partial charge in [-0.15, -0.1) is 0 Å². The summed E-state index contributed by atoms with van der Waals surface area (Å²) in [4.78, 5) is 12.4. The molecule has 0 heterocycles. The van der Waals surface area contributed by atoms with Crippen LogP contribution < -0.4 is 10.0 Å². The standard InChI is InChI=1S/C18H21BrN2O3S/c1-12-11-14(7-10-16(12)19)20-17(22)13-5-8-15(9-6-13)25(23,24)21-18(2,3)4/h5-11,21H,1-4H3,(H,20,22). The first-order valence-electron chi connectivity index (χ1n) is 7.69. The van der Waals surface area contributed by atoms with Crippen LogP contribution in [0, 0.1) is 6.92 Å². The molecule has 0 fully saturated rings. The number of sulfonamides is 1. The van der Waals surface area contributed by atoms with Crippen LogP contribution in [0.25, 0.3) is 0 Å². The number of anilines is 1. The van der Waals surface area contributed by atoms with E-state index in [0.29, 0.717) is 11.3 Å². The number of amides is 1. The van der Waals surface area contributed by atoms with Crippen molar-refractivity contribution in [2.45, 2.75) is 38.1 Å². The van der Waals surface area contributed by atoms with E-state index in [4.69, 9.17) is 0 Å². The predicted octanol–water partition coefficient (Wildman–Crippen LogP) is 4.09. The van der Waals surface area contributed by atoms with Crippen molar-refractivity contribution in [3.63, 3.8) is 0 Å². The summed E-state index contributed by atoms with van der Waals surface area (Å²) in [5, 5.41) is 2.80.